The Morgan fingerprint density at radius 1 is 0.935 bits per heavy atom. The summed E-state index contributed by atoms with van der Waals surface area (Å²) in [6.45, 7) is 14.0. The summed E-state index contributed by atoms with van der Waals surface area (Å²) < 4.78 is 5.57. The number of hydrogen-bond acceptors (Lipinski definition) is 8. The lowest BCUT2D eigenvalue weighted by molar-refractivity contribution is -0.117. The van der Waals surface area contributed by atoms with Gasteiger partial charge in [-0.05, 0) is 89.1 Å². The van der Waals surface area contributed by atoms with E-state index in [0.29, 0.717) is 17.9 Å². The highest BCUT2D eigenvalue weighted by molar-refractivity contribution is 5.92. The first-order valence-electron chi connectivity index (χ1n) is 16.9. The number of benzene rings is 2. The van der Waals surface area contributed by atoms with Gasteiger partial charge in [0.2, 0.25) is 11.9 Å². The molecule has 10 heteroatoms. The van der Waals surface area contributed by atoms with E-state index >= 15 is 0 Å². The van der Waals surface area contributed by atoms with Gasteiger partial charge in [-0.25, -0.2) is 14.8 Å². The summed E-state index contributed by atoms with van der Waals surface area (Å²) in [7, 11) is 0. The highest BCUT2D eigenvalue weighted by Gasteiger charge is 2.32. The summed E-state index contributed by atoms with van der Waals surface area (Å²) in [4.78, 5) is 43.3. The van der Waals surface area contributed by atoms with Crippen LogP contribution in [0.5, 0.6) is 0 Å². The predicted octanol–water partition coefficient (Wildman–Crippen LogP) is 5.79. The van der Waals surface area contributed by atoms with Crippen molar-refractivity contribution in [1.29, 1.82) is 0 Å². The van der Waals surface area contributed by atoms with Crippen molar-refractivity contribution < 1.29 is 14.3 Å². The number of rotatable bonds is 7. The van der Waals surface area contributed by atoms with Crippen molar-refractivity contribution in [2.45, 2.75) is 77.5 Å². The second-order valence-corrected chi connectivity index (χ2v) is 14.2. The van der Waals surface area contributed by atoms with Gasteiger partial charge in [0.25, 0.3) is 0 Å². The molecule has 46 heavy (non-hydrogen) atoms. The molecule has 3 aromatic rings. The van der Waals surface area contributed by atoms with Crippen molar-refractivity contribution in [3.8, 4) is 0 Å². The Kier molecular flexibility index (Phi) is 9.63. The van der Waals surface area contributed by atoms with Crippen LogP contribution in [0, 0.1) is 5.92 Å². The van der Waals surface area contributed by atoms with E-state index in [-0.39, 0.29) is 18.0 Å². The number of fused-ring (bicyclic) bond motifs is 1. The minimum absolute atomic E-state index is 0.0905. The molecule has 1 saturated carbocycles. The molecule has 2 amide bonds. The molecular weight excluding hydrogens is 578 g/mol. The van der Waals surface area contributed by atoms with Gasteiger partial charge in [-0.1, -0.05) is 18.2 Å². The van der Waals surface area contributed by atoms with Gasteiger partial charge in [0.1, 0.15) is 5.60 Å². The van der Waals surface area contributed by atoms with Gasteiger partial charge >= 0.3 is 6.09 Å². The fourth-order valence-corrected chi connectivity index (χ4v) is 7.20. The highest BCUT2D eigenvalue weighted by Crippen LogP contribution is 2.31. The van der Waals surface area contributed by atoms with Gasteiger partial charge in [-0.3, -0.25) is 9.69 Å². The molecule has 0 bridgehead atoms. The number of para-hydroxylation sites is 1. The van der Waals surface area contributed by atoms with Crippen molar-refractivity contribution in [2.75, 3.05) is 60.9 Å². The van der Waals surface area contributed by atoms with E-state index in [9.17, 15) is 9.59 Å². The normalized spacial score (nSPS) is 22.6. The molecule has 2 aliphatic heterocycles. The molecule has 3 fully saturated rings. The number of piperazine rings is 1. The zero-order valence-corrected chi connectivity index (χ0v) is 27.8. The largest absolute Gasteiger partial charge is 0.444 e. The monoisotopic (exact) mass is 627 g/mol. The summed E-state index contributed by atoms with van der Waals surface area (Å²) in [5.41, 5.74) is 2.66. The maximum atomic E-state index is 12.9. The van der Waals surface area contributed by atoms with Gasteiger partial charge in [0, 0.05) is 87.8 Å². The number of ether oxygens (including phenoxy) is 1. The smallest absolute Gasteiger partial charge is 0.410 e. The molecule has 6 rings (SSSR count). The van der Waals surface area contributed by atoms with Gasteiger partial charge < -0.3 is 24.8 Å². The lowest BCUT2D eigenvalue weighted by Crippen LogP contribution is -2.48. The molecule has 246 valence electrons. The third kappa shape index (κ3) is 7.89. The molecule has 10 nitrogen and oxygen atoms in total. The Hall–Kier alpha value is -3.92. The van der Waals surface area contributed by atoms with Crippen LogP contribution >= 0.6 is 0 Å². The average molecular weight is 628 g/mol. The Labute approximate surface area is 273 Å². The molecule has 0 spiro atoms. The zero-order chi connectivity index (χ0) is 32.3. The number of carbonyl (C=O) groups is 2. The summed E-state index contributed by atoms with van der Waals surface area (Å²) in [6, 6.07) is 17.1. The number of anilines is 3. The Morgan fingerprint density at radius 2 is 1.65 bits per heavy atom. The van der Waals surface area contributed by atoms with Crippen LogP contribution in [0.2, 0.25) is 0 Å². The van der Waals surface area contributed by atoms with Gasteiger partial charge in [-0.15, -0.1) is 0 Å². The van der Waals surface area contributed by atoms with E-state index in [0.717, 1.165) is 94.5 Å². The molecule has 1 N–H and O–H groups in total. The molecule has 1 atom stereocenters. The fraction of sp³-hybridized carbons (Fsp3) is 0.556. The first kappa shape index (κ1) is 32.0. The third-order valence-electron chi connectivity index (χ3n) is 9.54. The van der Waals surface area contributed by atoms with Crippen LogP contribution in [0.4, 0.5) is 22.1 Å². The number of hydrogen-bond donors (Lipinski definition) is 1. The standard InChI is InChI=1S/C36H49N7O3/c1-26(44)43(31-11-9-29(10-12-31)38-34-37-23-28-7-5-6-8-33(28)39-34)32-15-13-30(14-16-32)41-21-19-40(20-22-41)24-27-17-18-42(25-27)35(45)46-36(2,3)4/h5-8,13-16,23,27,29,31H,9-12,17-22,24-25H2,1-4H3,(H,37,38,39). The Balaban J connectivity index is 0.970. The van der Waals surface area contributed by atoms with Crippen molar-refractivity contribution in [3.63, 3.8) is 0 Å². The van der Waals surface area contributed by atoms with E-state index in [2.05, 4.69) is 49.4 Å². The number of carbonyl (C=O) groups excluding carboxylic acids is 2. The molecule has 1 aliphatic carbocycles. The SMILES string of the molecule is CC(=O)N(c1ccc(N2CCN(CC3CCN(C(=O)OC(C)(C)C)C3)CC2)cc1)C1CCC(Nc2ncc3ccccc3n2)CC1. The molecule has 1 aromatic heterocycles. The summed E-state index contributed by atoms with van der Waals surface area (Å²) in [5, 5.41) is 4.56. The van der Waals surface area contributed by atoms with Crippen molar-refractivity contribution in [3.05, 3.63) is 54.7 Å². The molecule has 3 heterocycles. The topological polar surface area (TPSA) is 94.1 Å². The second kappa shape index (κ2) is 13.8. The summed E-state index contributed by atoms with van der Waals surface area (Å²) >= 11 is 0. The van der Waals surface area contributed by atoms with E-state index in [1.165, 1.54) is 5.69 Å². The highest BCUT2D eigenvalue weighted by atomic mass is 16.6. The zero-order valence-electron chi connectivity index (χ0n) is 27.8. The maximum absolute atomic E-state index is 12.9. The Bertz CT molecular complexity index is 1490. The van der Waals surface area contributed by atoms with Crippen LogP contribution in [-0.4, -0.2) is 95.3 Å². The number of nitrogens with one attached hydrogen (secondary N) is 1. The van der Waals surface area contributed by atoms with Crippen LogP contribution < -0.4 is 15.1 Å². The van der Waals surface area contributed by atoms with E-state index < -0.39 is 5.60 Å². The quantitative estimate of drug-likeness (QED) is 0.352. The number of amides is 2. The van der Waals surface area contributed by atoms with Gasteiger partial charge in [-0.2, -0.15) is 0 Å². The number of likely N-dealkylation sites (tertiary alicyclic amines) is 1. The minimum atomic E-state index is -0.458. The molecular formula is C36H49N7O3. The van der Waals surface area contributed by atoms with Crippen molar-refractivity contribution >= 4 is 40.2 Å². The van der Waals surface area contributed by atoms with Gasteiger partial charge in [0.15, 0.2) is 0 Å². The van der Waals surface area contributed by atoms with Crippen LogP contribution in [0.25, 0.3) is 10.9 Å². The fourth-order valence-electron chi connectivity index (χ4n) is 7.20. The first-order valence-corrected chi connectivity index (χ1v) is 16.9. The van der Waals surface area contributed by atoms with Crippen LogP contribution in [0.3, 0.4) is 0 Å². The second-order valence-electron chi connectivity index (χ2n) is 14.2. The van der Waals surface area contributed by atoms with Gasteiger partial charge in [0.05, 0.1) is 5.52 Å². The molecule has 1 unspecified atom stereocenters. The van der Waals surface area contributed by atoms with E-state index in [1.807, 2.05) is 61.0 Å². The third-order valence-corrected chi connectivity index (χ3v) is 9.54. The maximum Gasteiger partial charge on any atom is 0.410 e. The number of nitrogens with zero attached hydrogens (tertiary/aromatic N) is 6. The molecule has 0 radical (unpaired) electrons. The first-order chi connectivity index (χ1) is 22.1. The number of aromatic nitrogens is 2. The van der Waals surface area contributed by atoms with Crippen LogP contribution in [0.1, 0.15) is 59.8 Å². The van der Waals surface area contributed by atoms with E-state index in [1.54, 1.807) is 6.92 Å². The predicted molar refractivity (Wildman–Crippen MR) is 183 cm³/mol. The summed E-state index contributed by atoms with van der Waals surface area (Å²) in [5.74, 6) is 1.26. The lowest BCUT2D eigenvalue weighted by Gasteiger charge is -2.38. The lowest BCUT2D eigenvalue weighted by atomic mass is 9.89. The van der Waals surface area contributed by atoms with E-state index in [4.69, 9.17) is 4.74 Å². The van der Waals surface area contributed by atoms with Crippen LogP contribution in [-0.2, 0) is 9.53 Å². The van der Waals surface area contributed by atoms with Crippen LogP contribution in [0.15, 0.2) is 54.7 Å². The van der Waals surface area contributed by atoms with Crippen molar-refractivity contribution in [1.82, 2.24) is 19.8 Å². The summed E-state index contributed by atoms with van der Waals surface area (Å²) in [6.07, 6.45) is 6.51. The molecule has 2 saturated heterocycles. The molecule has 2 aromatic carbocycles. The Morgan fingerprint density at radius 3 is 2.35 bits per heavy atom. The van der Waals surface area contributed by atoms with Crippen molar-refractivity contribution in [2.24, 2.45) is 5.92 Å². The average Bonchev–Trinajstić information content (AvgIpc) is 3.51. The minimum Gasteiger partial charge on any atom is -0.444 e. The molecule has 3 aliphatic rings.